The fourth-order valence-electron chi connectivity index (χ4n) is 1.25. The minimum absolute atomic E-state index is 0.0326. The normalized spacial score (nSPS) is 11.0. The third-order valence-electron chi connectivity index (χ3n) is 1.85. The van der Waals surface area contributed by atoms with Gasteiger partial charge in [-0.3, -0.25) is 9.59 Å². The number of H-pyrrole nitrogens is 1. The molecule has 1 heterocycles. The highest BCUT2D eigenvalue weighted by Crippen LogP contribution is 2.00. The molecular formula is C11H18N4O2. The van der Waals surface area contributed by atoms with Gasteiger partial charge in [0.1, 0.15) is 5.82 Å². The number of carbonyl (C=O) groups excluding carboxylic acids is 1. The van der Waals surface area contributed by atoms with Crippen LogP contribution in [0.2, 0.25) is 0 Å². The molecule has 0 spiro atoms. The van der Waals surface area contributed by atoms with Crippen molar-refractivity contribution >= 4 is 11.7 Å². The van der Waals surface area contributed by atoms with Crippen LogP contribution < -0.4 is 16.2 Å². The van der Waals surface area contributed by atoms with Gasteiger partial charge in [0.2, 0.25) is 5.91 Å². The third kappa shape index (κ3) is 5.70. The van der Waals surface area contributed by atoms with E-state index in [1.165, 1.54) is 12.4 Å². The zero-order valence-corrected chi connectivity index (χ0v) is 10.3. The van der Waals surface area contributed by atoms with E-state index >= 15 is 0 Å². The molecule has 0 aliphatic heterocycles. The lowest BCUT2D eigenvalue weighted by atomic mass is 10.1. The van der Waals surface area contributed by atoms with Gasteiger partial charge in [-0.05, 0) is 20.8 Å². The van der Waals surface area contributed by atoms with Crippen LogP contribution in [0.1, 0.15) is 27.2 Å². The van der Waals surface area contributed by atoms with Gasteiger partial charge < -0.3 is 15.6 Å². The second-order valence-electron chi connectivity index (χ2n) is 4.77. The summed E-state index contributed by atoms with van der Waals surface area (Å²) in [7, 11) is 0. The standard InChI is InChI=1S/C11H18N4O2/c1-11(2,3)15-9(16)4-5-12-8-6-10(17)14-7-13-8/h6-7H,4-5H2,1-3H3,(H,15,16)(H2,12,13,14,17). The molecule has 0 aromatic carbocycles. The van der Waals surface area contributed by atoms with Gasteiger partial charge in [0.05, 0.1) is 6.33 Å². The molecule has 0 bridgehead atoms. The summed E-state index contributed by atoms with van der Waals surface area (Å²) in [6.45, 7) is 6.22. The number of nitrogens with one attached hydrogen (secondary N) is 3. The predicted octanol–water partition coefficient (Wildman–Crippen LogP) is 0.487. The maximum atomic E-state index is 11.5. The summed E-state index contributed by atoms with van der Waals surface area (Å²) >= 11 is 0. The van der Waals surface area contributed by atoms with Crippen LogP contribution in [-0.2, 0) is 4.79 Å². The summed E-state index contributed by atoms with van der Waals surface area (Å²) in [5.74, 6) is 0.437. The Labute approximate surface area is 99.8 Å². The van der Waals surface area contributed by atoms with Gasteiger partial charge >= 0.3 is 0 Å². The first kappa shape index (κ1) is 13.2. The zero-order chi connectivity index (χ0) is 12.9. The number of anilines is 1. The minimum atomic E-state index is -0.223. The lowest BCUT2D eigenvalue weighted by molar-refractivity contribution is -0.122. The average molecular weight is 238 g/mol. The first-order valence-electron chi connectivity index (χ1n) is 5.46. The summed E-state index contributed by atoms with van der Waals surface area (Å²) in [4.78, 5) is 28.8. The van der Waals surface area contributed by atoms with E-state index in [2.05, 4.69) is 20.6 Å². The van der Waals surface area contributed by atoms with E-state index in [0.29, 0.717) is 18.8 Å². The Balaban J connectivity index is 2.33. The van der Waals surface area contributed by atoms with Crippen LogP contribution in [0.4, 0.5) is 5.82 Å². The molecule has 0 fully saturated rings. The zero-order valence-electron chi connectivity index (χ0n) is 10.3. The third-order valence-corrected chi connectivity index (χ3v) is 1.85. The second-order valence-corrected chi connectivity index (χ2v) is 4.77. The van der Waals surface area contributed by atoms with Crippen molar-refractivity contribution < 1.29 is 4.79 Å². The molecule has 17 heavy (non-hydrogen) atoms. The number of aromatic amines is 1. The lowest BCUT2D eigenvalue weighted by Crippen LogP contribution is -2.41. The Morgan fingerprint density at radius 2 is 2.18 bits per heavy atom. The van der Waals surface area contributed by atoms with Crippen LogP contribution in [0, 0.1) is 0 Å². The Morgan fingerprint density at radius 1 is 1.47 bits per heavy atom. The van der Waals surface area contributed by atoms with Crippen LogP contribution in [0.3, 0.4) is 0 Å². The topological polar surface area (TPSA) is 86.9 Å². The Morgan fingerprint density at radius 3 is 2.76 bits per heavy atom. The fraction of sp³-hybridized carbons (Fsp3) is 0.545. The molecule has 1 amide bonds. The Hall–Kier alpha value is -1.85. The first-order chi connectivity index (χ1) is 7.87. The van der Waals surface area contributed by atoms with Gasteiger partial charge in [-0.15, -0.1) is 0 Å². The molecule has 1 rings (SSSR count). The molecule has 3 N–H and O–H groups in total. The molecule has 6 nitrogen and oxygen atoms in total. The van der Waals surface area contributed by atoms with Crippen LogP contribution in [-0.4, -0.2) is 28.0 Å². The summed E-state index contributed by atoms with van der Waals surface area (Å²) in [6, 6.07) is 1.35. The van der Waals surface area contributed by atoms with E-state index in [0.717, 1.165) is 0 Å². The molecule has 0 saturated heterocycles. The highest BCUT2D eigenvalue weighted by molar-refractivity contribution is 5.77. The molecular weight excluding hydrogens is 220 g/mol. The molecule has 0 atom stereocenters. The van der Waals surface area contributed by atoms with Crippen molar-refractivity contribution in [2.24, 2.45) is 0 Å². The molecule has 1 aromatic rings. The van der Waals surface area contributed by atoms with Crippen molar-refractivity contribution in [1.29, 1.82) is 0 Å². The molecule has 0 aliphatic rings. The maximum Gasteiger partial charge on any atom is 0.252 e. The van der Waals surface area contributed by atoms with Gasteiger partial charge in [-0.25, -0.2) is 4.98 Å². The molecule has 0 saturated carbocycles. The highest BCUT2D eigenvalue weighted by Gasteiger charge is 2.12. The Bertz CT molecular complexity index is 434. The number of hydrogen-bond donors (Lipinski definition) is 3. The fourth-order valence-corrected chi connectivity index (χ4v) is 1.25. The van der Waals surface area contributed by atoms with E-state index in [-0.39, 0.29) is 17.0 Å². The largest absolute Gasteiger partial charge is 0.369 e. The summed E-state index contributed by atoms with van der Waals surface area (Å²) in [6.07, 6.45) is 1.66. The molecule has 6 heteroatoms. The number of hydrogen-bond acceptors (Lipinski definition) is 4. The van der Waals surface area contributed by atoms with E-state index in [9.17, 15) is 9.59 Å². The molecule has 1 aromatic heterocycles. The summed E-state index contributed by atoms with van der Waals surface area (Å²) < 4.78 is 0. The van der Waals surface area contributed by atoms with Crippen molar-refractivity contribution in [3.8, 4) is 0 Å². The molecule has 94 valence electrons. The number of rotatable bonds is 4. The van der Waals surface area contributed by atoms with Crippen LogP contribution in [0.25, 0.3) is 0 Å². The lowest BCUT2D eigenvalue weighted by Gasteiger charge is -2.20. The quantitative estimate of drug-likeness (QED) is 0.712. The second kappa shape index (κ2) is 5.47. The average Bonchev–Trinajstić information content (AvgIpc) is 2.14. The van der Waals surface area contributed by atoms with Gasteiger partial charge in [0.25, 0.3) is 5.56 Å². The minimum Gasteiger partial charge on any atom is -0.369 e. The van der Waals surface area contributed by atoms with Gasteiger partial charge in [0, 0.05) is 24.6 Å². The van der Waals surface area contributed by atoms with Crippen LogP contribution in [0.15, 0.2) is 17.2 Å². The Kier molecular flexibility index (Phi) is 4.25. The van der Waals surface area contributed by atoms with E-state index in [1.54, 1.807) is 0 Å². The number of aromatic nitrogens is 2. The number of carbonyl (C=O) groups is 1. The van der Waals surface area contributed by atoms with Gasteiger partial charge in [-0.1, -0.05) is 0 Å². The number of amides is 1. The number of nitrogens with zero attached hydrogens (tertiary/aromatic N) is 1. The summed E-state index contributed by atoms with van der Waals surface area (Å²) in [5, 5.41) is 5.76. The molecule has 0 radical (unpaired) electrons. The van der Waals surface area contributed by atoms with Crippen LogP contribution in [0.5, 0.6) is 0 Å². The van der Waals surface area contributed by atoms with E-state index in [1.807, 2.05) is 20.8 Å². The van der Waals surface area contributed by atoms with Crippen molar-refractivity contribution in [2.45, 2.75) is 32.7 Å². The van der Waals surface area contributed by atoms with Crippen molar-refractivity contribution in [1.82, 2.24) is 15.3 Å². The first-order valence-corrected chi connectivity index (χ1v) is 5.46. The highest BCUT2D eigenvalue weighted by atomic mass is 16.1. The predicted molar refractivity (Wildman–Crippen MR) is 65.9 cm³/mol. The smallest absolute Gasteiger partial charge is 0.252 e. The van der Waals surface area contributed by atoms with Crippen molar-refractivity contribution in [3.63, 3.8) is 0 Å². The van der Waals surface area contributed by atoms with Crippen molar-refractivity contribution in [2.75, 3.05) is 11.9 Å². The molecule has 0 aliphatic carbocycles. The maximum absolute atomic E-state index is 11.5. The van der Waals surface area contributed by atoms with E-state index in [4.69, 9.17) is 0 Å². The molecule has 0 unspecified atom stereocenters. The van der Waals surface area contributed by atoms with Gasteiger partial charge in [0.15, 0.2) is 0 Å². The SMILES string of the molecule is CC(C)(C)NC(=O)CCNc1cc(=O)[nH]cn1. The van der Waals surface area contributed by atoms with Crippen LogP contribution >= 0.6 is 0 Å². The summed E-state index contributed by atoms with van der Waals surface area (Å²) in [5.41, 5.74) is -0.444. The van der Waals surface area contributed by atoms with E-state index < -0.39 is 0 Å². The monoisotopic (exact) mass is 238 g/mol. The van der Waals surface area contributed by atoms with Crippen molar-refractivity contribution in [3.05, 3.63) is 22.7 Å². The van der Waals surface area contributed by atoms with Gasteiger partial charge in [-0.2, -0.15) is 0 Å².